The van der Waals surface area contributed by atoms with E-state index in [9.17, 15) is 4.79 Å². The second-order valence-electron chi connectivity index (χ2n) is 6.20. The van der Waals surface area contributed by atoms with E-state index in [-0.39, 0.29) is 17.6 Å². The van der Waals surface area contributed by atoms with E-state index in [1.54, 1.807) is 17.1 Å². The zero-order valence-corrected chi connectivity index (χ0v) is 14.7. The van der Waals surface area contributed by atoms with Crippen molar-refractivity contribution in [3.05, 3.63) is 34.8 Å². The molecule has 1 aliphatic carbocycles. The van der Waals surface area contributed by atoms with E-state index >= 15 is 0 Å². The quantitative estimate of drug-likeness (QED) is 0.904. The number of thiophene rings is 1. The molecule has 1 unspecified atom stereocenters. The van der Waals surface area contributed by atoms with Crippen LogP contribution in [-0.4, -0.2) is 40.2 Å². The van der Waals surface area contributed by atoms with Gasteiger partial charge in [0.05, 0.1) is 18.4 Å². The van der Waals surface area contributed by atoms with Crippen molar-refractivity contribution in [3.8, 4) is 6.07 Å². The molecule has 2 aromatic rings. The van der Waals surface area contributed by atoms with Crippen molar-refractivity contribution in [1.82, 2.24) is 20.3 Å². The molecule has 8 heteroatoms. The number of carbonyl (C=O) groups is 1. The number of nitrogens with zero attached hydrogens (tertiary/aromatic N) is 4. The lowest BCUT2D eigenvalue weighted by Crippen LogP contribution is -2.35. The molecule has 2 aliphatic rings. The Bertz CT molecular complexity index is 698. The molecule has 3 heterocycles. The van der Waals surface area contributed by atoms with Crippen molar-refractivity contribution < 1.29 is 9.53 Å². The summed E-state index contributed by atoms with van der Waals surface area (Å²) in [6.07, 6.45) is 8.77. The molecule has 0 spiro atoms. The molecular formula is C17H21N5O2S. The first-order valence-corrected chi connectivity index (χ1v) is 9.38. The highest BCUT2D eigenvalue weighted by Gasteiger charge is 2.46. The van der Waals surface area contributed by atoms with Gasteiger partial charge < -0.3 is 10.1 Å². The summed E-state index contributed by atoms with van der Waals surface area (Å²) in [5.74, 6) is 0.00502. The molecule has 25 heavy (non-hydrogen) atoms. The zero-order chi connectivity index (χ0) is 17.5. The summed E-state index contributed by atoms with van der Waals surface area (Å²) in [6, 6.07) is 4.05. The highest BCUT2D eigenvalue weighted by molar-refractivity contribution is 7.08. The average molecular weight is 359 g/mol. The van der Waals surface area contributed by atoms with Gasteiger partial charge >= 0.3 is 0 Å². The third kappa shape index (κ3) is 4.65. The molecule has 7 nitrogen and oxygen atoms in total. The highest BCUT2D eigenvalue weighted by atomic mass is 32.1. The highest BCUT2D eigenvalue weighted by Crippen LogP contribution is 2.41. The maximum absolute atomic E-state index is 11.6. The van der Waals surface area contributed by atoms with Crippen molar-refractivity contribution in [3.63, 3.8) is 0 Å². The Hall–Kier alpha value is -2.24. The Balaban J connectivity index is 0.000000157. The molecule has 0 aromatic carbocycles. The standard InChI is InChI=1S/C11H15NO2S.C6H6N4/c13-11(9-4-6-15-8-9)12-7-10-3-1-2-5-14-10;7-5-6(1-2-6)10-4-3-8-9-10/h4,6,8,10H,1-3,5,7H2,(H,12,13);3-4H,1-2H2. The second kappa shape index (κ2) is 8.23. The summed E-state index contributed by atoms with van der Waals surface area (Å²) < 4.78 is 7.17. The lowest BCUT2D eigenvalue weighted by atomic mass is 10.1. The zero-order valence-electron chi connectivity index (χ0n) is 13.9. The molecule has 1 saturated heterocycles. The third-order valence-electron chi connectivity index (χ3n) is 4.34. The maximum Gasteiger partial charge on any atom is 0.252 e. The molecule has 0 bridgehead atoms. The molecule has 1 aliphatic heterocycles. The summed E-state index contributed by atoms with van der Waals surface area (Å²) in [4.78, 5) is 11.6. The SMILES string of the molecule is N#CC1(n2ccnn2)CC1.O=C(NCC1CCCCO1)c1ccsc1. The van der Waals surface area contributed by atoms with Gasteiger partial charge in [0, 0.05) is 30.3 Å². The van der Waals surface area contributed by atoms with Gasteiger partial charge in [0.15, 0.2) is 5.54 Å². The van der Waals surface area contributed by atoms with Gasteiger partial charge in [-0.05, 0) is 43.6 Å². The van der Waals surface area contributed by atoms with Gasteiger partial charge in [-0.3, -0.25) is 4.79 Å². The van der Waals surface area contributed by atoms with Gasteiger partial charge in [-0.15, -0.1) is 5.10 Å². The fourth-order valence-corrected chi connectivity index (χ4v) is 3.25. The van der Waals surface area contributed by atoms with Crippen LogP contribution in [0.1, 0.15) is 42.5 Å². The summed E-state index contributed by atoms with van der Waals surface area (Å²) in [6.45, 7) is 1.47. The van der Waals surface area contributed by atoms with Crippen LogP contribution in [0.2, 0.25) is 0 Å². The number of ether oxygens (including phenoxy) is 1. The van der Waals surface area contributed by atoms with Gasteiger partial charge in [-0.1, -0.05) is 5.21 Å². The summed E-state index contributed by atoms with van der Waals surface area (Å²) in [5, 5.41) is 22.8. The van der Waals surface area contributed by atoms with Crippen LogP contribution < -0.4 is 5.32 Å². The molecule has 2 aromatic heterocycles. The Morgan fingerprint density at radius 1 is 1.52 bits per heavy atom. The van der Waals surface area contributed by atoms with Crippen LogP contribution in [0.25, 0.3) is 0 Å². The van der Waals surface area contributed by atoms with Crippen LogP contribution in [0.15, 0.2) is 29.2 Å². The van der Waals surface area contributed by atoms with Gasteiger partial charge in [0.2, 0.25) is 0 Å². The topological polar surface area (TPSA) is 92.8 Å². The van der Waals surface area contributed by atoms with E-state index in [0.29, 0.717) is 6.54 Å². The fraction of sp³-hybridized carbons (Fsp3) is 0.529. The lowest BCUT2D eigenvalue weighted by Gasteiger charge is -2.22. The van der Waals surface area contributed by atoms with Crippen LogP contribution >= 0.6 is 11.3 Å². The Labute approximate surface area is 150 Å². The van der Waals surface area contributed by atoms with E-state index in [1.807, 2.05) is 16.8 Å². The van der Waals surface area contributed by atoms with E-state index in [0.717, 1.165) is 37.9 Å². The molecule has 0 radical (unpaired) electrons. The van der Waals surface area contributed by atoms with Gasteiger partial charge in [-0.2, -0.15) is 16.6 Å². The van der Waals surface area contributed by atoms with Crippen molar-refractivity contribution in [2.75, 3.05) is 13.2 Å². The molecule has 2 fully saturated rings. The van der Waals surface area contributed by atoms with Crippen molar-refractivity contribution in [2.24, 2.45) is 0 Å². The number of hydrogen-bond acceptors (Lipinski definition) is 6. The van der Waals surface area contributed by atoms with E-state index in [2.05, 4.69) is 21.7 Å². The smallest absolute Gasteiger partial charge is 0.252 e. The summed E-state index contributed by atoms with van der Waals surface area (Å²) >= 11 is 1.54. The van der Waals surface area contributed by atoms with Crippen LogP contribution in [0.3, 0.4) is 0 Å². The average Bonchev–Trinajstić information content (AvgIpc) is 3.09. The van der Waals surface area contributed by atoms with Gasteiger partial charge in [0.1, 0.15) is 0 Å². The molecule has 132 valence electrons. The Morgan fingerprint density at radius 2 is 2.40 bits per heavy atom. The molecule has 1 amide bonds. The first kappa shape index (κ1) is 17.6. The number of aromatic nitrogens is 3. The summed E-state index contributed by atoms with van der Waals surface area (Å²) in [7, 11) is 0. The maximum atomic E-state index is 11.6. The van der Waals surface area contributed by atoms with Crippen LogP contribution in [0.4, 0.5) is 0 Å². The van der Waals surface area contributed by atoms with Gasteiger partial charge in [0.25, 0.3) is 5.91 Å². The predicted octanol–water partition coefficient (Wildman–Crippen LogP) is 2.34. The molecule has 1 atom stereocenters. The minimum absolute atomic E-state index is 0.00502. The first-order valence-electron chi connectivity index (χ1n) is 8.43. The van der Waals surface area contributed by atoms with E-state index in [4.69, 9.17) is 10.00 Å². The number of nitrogens with one attached hydrogen (secondary N) is 1. The molecular weight excluding hydrogens is 338 g/mol. The fourth-order valence-electron chi connectivity index (χ4n) is 2.62. The Morgan fingerprint density at radius 3 is 2.96 bits per heavy atom. The van der Waals surface area contributed by atoms with E-state index < -0.39 is 0 Å². The molecule has 1 N–H and O–H groups in total. The first-order chi connectivity index (χ1) is 12.2. The number of carbonyl (C=O) groups excluding carboxylic acids is 1. The number of hydrogen-bond donors (Lipinski definition) is 1. The van der Waals surface area contributed by atoms with Gasteiger partial charge in [-0.25, -0.2) is 4.68 Å². The second-order valence-corrected chi connectivity index (χ2v) is 6.98. The number of nitriles is 1. The van der Waals surface area contributed by atoms with Crippen LogP contribution in [0.5, 0.6) is 0 Å². The number of amides is 1. The van der Waals surface area contributed by atoms with Crippen molar-refractivity contribution >= 4 is 17.2 Å². The molecule has 1 saturated carbocycles. The monoisotopic (exact) mass is 359 g/mol. The van der Waals surface area contributed by atoms with Crippen LogP contribution in [0, 0.1) is 11.3 Å². The third-order valence-corrected chi connectivity index (χ3v) is 5.02. The van der Waals surface area contributed by atoms with Crippen molar-refractivity contribution in [1.29, 1.82) is 5.26 Å². The summed E-state index contributed by atoms with van der Waals surface area (Å²) in [5.41, 5.74) is 0.409. The molecule has 4 rings (SSSR count). The predicted molar refractivity (Wildman–Crippen MR) is 93.1 cm³/mol. The van der Waals surface area contributed by atoms with E-state index in [1.165, 1.54) is 17.8 Å². The van der Waals surface area contributed by atoms with Crippen LogP contribution in [-0.2, 0) is 10.3 Å². The normalized spacial score (nSPS) is 20.7. The lowest BCUT2D eigenvalue weighted by molar-refractivity contribution is 0.0169. The largest absolute Gasteiger partial charge is 0.376 e. The number of rotatable bonds is 4. The minimum atomic E-state index is -0.337. The minimum Gasteiger partial charge on any atom is -0.376 e. The van der Waals surface area contributed by atoms with Crippen molar-refractivity contribution in [2.45, 2.75) is 43.7 Å². The Kier molecular flexibility index (Phi) is 5.79.